The van der Waals surface area contributed by atoms with Gasteiger partial charge in [-0.25, -0.2) is 4.79 Å². The Labute approximate surface area is 182 Å². The van der Waals surface area contributed by atoms with E-state index >= 15 is 0 Å². The number of carbonyl (C=O) groups is 3. The van der Waals surface area contributed by atoms with Gasteiger partial charge in [0.05, 0.1) is 11.2 Å². The summed E-state index contributed by atoms with van der Waals surface area (Å²) in [5, 5.41) is 21.2. The molecule has 1 saturated carbocycles. The number of ketones is 1. The molecule has 7 heteroatoms. The maximum atomic E-state index is 12.9. The van der Waals surface area contributed by atoms with Crippen LogP contribution < -0.4 is 0 Å². The first kappa shape index (κ1) is 23.0. The first-order chi connectivity index (χ1) is 14.4. The van der Waals surface area contributed by atoms with Crippen LogP contribution in [0.5, 0.6) is 5.75 Å². The molecule has 0 radical (unpaired) electrons. The summed E-state index contributed by atoms with van der Waals surface area (Å²) >= 11 is 0. The molecule has 2 aliphatic carbocycles. The minimum absolute atomic E-state index is 0.0223. The van der Waals surface area contributed by atoms with Crippen molar-refractivity contribution < 1.29 is 34.1 Å². The van der Waals surface area contributed by atoms with Gasteiger partial charge in [0.2, 0.25) is 0 Å². The van der Waals surface area contributed by atoms with Gasteiger partial charge >= 0.3 is 11.9 Å². The predicted octanol–water partition coefficient (Wildman–Crippen LogP) is 3.18. The summed E-state index contributed by atoms with van der Waals surface area (Å²) in [7, 11) is 0. The van der Waals surface area contributed by atoms with E-state index in [9.17, 15) is 24.6 Å². The minimum Gasteiger partial charge on any atom is -0.508 e. The first-order valence-electron chi connectivity index (χ1n) is 10.5. The van der Waals surface area contributed by atoms with Crippen LogP contribution in [0.3, 0.4) is 0 Å². The fourth-order valence-electron chi connectivity index (χ4n) is 5.10. The lowest BCUT2D eigenvalue weighted by atomic mass is 9.67. The number of hydrogen-bond donors (Lipinski definition) is 2. The Morgan fingerprint density at radius 2 is 1.77 bits per heavy atom. The second-order valence-electron chi connectivity index (χ2n) is 9.30. The molecule has 5 atom stereocenters. The summed E-state index contributed by atoms with van der Waals surface area (Å²) in [6.07, 6.45) is 0.227. The Hall–Kier alpha value is -2.67. The Morgan fingerprint density at radius 1 is 1.16 bits per heavy atom. The van der Waals surface area contributed by atoms with E-state index in [1.54, 1.807) is 13.0 Å². The number of hydrogen-bond acceptors (Lipinski definition) is 7. The lowest BCUT2D eigenvalue weighted by Gasteiger charge is -2.42. The molecule has 0 saturated heterocycles. The largest absolute Gasteiger partial charge is 0.508 e. The molecule has 0 spiro atoms. The Bertz CT molecular complexity index is 916. The highest BCUT2D eigenvalue weighted by Gasteiger charge is 2.66. The van der Waals surface area contributed by atoms with Crippen LogP contribution in [-0.2, 0) is 19.1 Å². The molecular weight excluding hydrogens is 400 g/mol. The van der Waals surface area contributed by atoms with Gasteiger partial charge in [0.25, 0.3) is 0 Å². The predicted molar refractivity (Wildman–Crippen MR) is 112 cm³/mol. The molecule has 7 nitrogen and oxygen atoms in total. The van der Waals surface area contributed by atoms with Crippen LogP contribution >= 0.6 is 0 Å². The molecule has 1 aromatic rings. The molecule has 3 rings (SSSR count). The maximum Gasteiger partial charge on any atom is 0.338 e. The summed E-state index contributed by atoms with van der Waals surface area (Å²) in [6.45, 7) is 8.49. The quantitative estimate of drug-likeness (QED) is 0.706. The van der Waals surface area contributed by atoms with Crippen LogP contribution in [0.1, 0.15) is 57.8 Å². The van der Waals surface area contributed by atoms with E-state index in [0.717, 1.165) is 0 Å². The number of benzene rings is 1. The van der Waals surface area contributed by atoms with Gasteiger partial charge in [-0.15, -0.1) is 0 Å². The number of fused-ring (bicyclic) bond motifs is 1. The van der Waals surface area contributed by atoms with Gasteiger partial charge in [-0.2, -0.15) is 0 Å². The number of ether oxygens (including phenoxy) is 2. The molecule has 0 bridgehead atoms. The average molecular weight is 430 g/mol. The van der Waals surface area contributed by atoms with Crippen molar-refractivity contribution in [2.24, 2.45) is 17.3 Å². The van der Waals surface area contributed by atoms with Crippen LogP contribution in [0.2, 0.25) is 0 Å². The standard InChI is InChI=1S/C24H30O7/c1-13(2)24(29)12-20(30-15(4)25)23(5)11-18(27)14(3)10-19(21(23)24)31-22(28)16-6-8-17(26)9-7-16/h6-10,13,19-21,26,29H,11-12H2,1-5H3/t19-,20+,21+,23-,24-/m0/s1. The van der Waals surface area contributed by atoms with Crippen molar-refractivity contribution in [2.45, 2.75) is 65.3 Å². The highest BCUT2D eigenvalue weighted by atomic mass is 16.6. The number of aromatic hydroxyl groups is 1. The average Bonchev–Trinajstić information content (AvgIpc) is 2.82. The van der Waals surface area contributed by atoms with Crippen LogP contribution in [-0.4, -0.2) is 45.7 Å². The van der Waals surface area contributed by atoms with E-state index in [1.165, 1.54) is 31.2 Å². The van der Waals surface area contributed by atoms with Crippen molar-refractivity contribution in [1.29, 1.82) is 0 Å². The maximum absolute atomic E-state index is 12.9. The molecule has 0 unspecified atom stereocenters. The van der Waals surface area contributed by atoms with E-state index < -0.39 is 41.1 Å². The van der Waals surface area contributed by atoms with Crippen molar-refractivity contribution >= 4 is 17.7 Å². The number of aliphatic hydroxyl groups is 1. The molecular formula is C24H30O7. The highest BCUT2D eigenvalue weighted by molar-refractivity contribution is 5.96. The van der Waals surface area contributed by atoms with Crippen LogP contribution in [0, 0.1) is 17.3 Å². The van der Waals surface area contributed by atoms with Gasteiger partial charge < -0.3 is 19.7 Å². The Kier molecular flexibility index (Phi) is 6.02. The van der Waals surface area contributed by atoms with E-state index in [2.05, 4.69) is 0 Å². The number of allylic oxidation sites excluding steroid dienone is 1. The molecule has 2 aliphatic rings. The highest BCUT2D eigenvalue weighted by Crippen LogP contribution is 2.58. The summed E-state index contributed by atoms with van der Waals surface area (Å²) in [6, 6.07) is 5.66. The molecule has 31 heavy (non-hydrogen) atoms. The minimum atomic E-state index is -1.32. The van der Waals surface area contributed by atoms with E-state index in [4.69, 9.17) is 9.47 Å². The number of carbonyl (C=O) groups excluding carboxylic acids is 3. The number of phenolic OH excluding ortho intramolecular Hbond substituents is 1. The van der Waals surface area contributed by atoms with Gasteiger partial charge in [-0.05, 0) is 48.8 Å². The van der Waals surface area contributed by atoms with E-state index in [1.807, 2.05) is 20.8 Å². The number of rotatable bonds is 4. The molecule has 0 heterocycles. The Balaban J connectivity index is 2.07. The van der Waals surface area contributed by atoms with Crippen molar-refractivity contribution in [2.75, 3.05) is 0 Å². The van der Waals surface area contributed by atoms with Gasteiger partial charge in [0.15, 0.2) is 5.78 Å². The van der Waals surface area contributed by atoms with Crippen LogP contribution in [0.15, 0.2) is 35.9 Å². The summed E-state index contributed by atoms with van der Waals surface area (Å²) in [4.78, 5) is 37.5. The monoisotopic (exact) mass is 430 g/mol. The summed E-state index contributed by atoms with van der Waals surface area (Å²) in [5.41, 5.74) is -1.57. The number of phenols is 1. The van der Waals surface area contributed by atoms with Crippen LogP contribution in [0.4, 0.5) is 0 Å². The van der Waals surface area contributed by atoms with Gasteiger partial charge in [-0.1, -0.05) is 20.8 Å². The summed E-state index contributed by atoms with van der Waals surface area (Å²) < 4.78 is 11.4. The van der Waals surface area contributed by atoms with Crippen molar-refractivity contribution in [1.82, 2.24) is 0 Å². The van der Waals surface area contributed by atoms with Gasteiger partial charge in [0, 0.05) is 31.1 Å². The second kappa shape index (κ2) is 8.11. The van der Waals surface area contributed by atoms with Crippen molar-refractivity contribution in [3.63, 3.8) is 0 Å². The molecule has 1 aromatic carbocycles. The third-order valence-corrected chi connectivity index (χ3v) is 6.88. The zero-order chi connectivity index (χ0) is 23.1. The van der Waals surface area contributed by atoms with Crippen molar-refractivity contribution in [3.05, 3.63) is 41.5 Å². The van der Waals surface area contributed by atoms with Crippen LogP contribution in [0.25, 0.3) is 0 Å². The van der Waals surface area contributed by atoms with E-state index in [-0.39, 0.29) is 35.9 Å². The topological polar surface area (TPSA) is 110 Å². The normalized spacial score (nSPS) is 32.8. The molecule has 168 valence electrons. The smallest absolute Gasteiger partial charge is 0.338 e. The number of esters is 2. The molecule has 1 fully saturated rings. The third-order valence-electron chi connectivity index (χ3n) is 6.88. The third kappa shape index (κ3) is 4.11. The molecule has 2 N–H and O–H groups in total. The van der Waals surface area contributed by atoms with Gasteiger partial charge in [0.1, 0.15) is 18.0 Å². The van der Waals surface area contributed by atoms with E-state index in [0.29, 0.717) is 5.57 Å². The first-order valence-corrected chi connectivity index (χ1v) is 10.5. The Morgan fingerprint density at radius 3 is 2.32 bits per heavy atom. The zero-order valence-corrected chi connectivity index (χ0v) is 18.5. The SMILES string of the molecule is CC(=O)O[C@@H]1C[C@](O)(C(C)C)[C@@H]2[C@@H](OC(=O)c3ccc(O)cc3)C=C(C)C(=O)C[C@]21C. The molecule has 0 amide bonds. The van der Waals surface area contributed by atoms with Crippen molar-refractivity contribution in [3.8, 4) is 5.75 Å². The second-order valence-corrected chi connectivity index (χ2v) is 9.30. The lowest BCUT2D eigenvalue weighted by Crippen LogP contribution is -2.50. The van der Waals surface area contributed by atoms with Gasteiger partial charge in [-0.3, -0.25) is 9.59 Å². The molecule has 0 aliphatic heterocycles. The fourth-order valence-corrected chi connectivity index (χ4v) is 5.10. The number of Topliss-reactive ketones (excluding diaryl/α,β-unsaturated/α-hetero) is 1. The lowest BCUT2D eigenvalue weighted by molar-refractivity contribution is -0.154. The zero-order valence-electron chi connectivity index (χ0n) is 18.5. The fraction of sp³-hybridized carbons (Fsp3) is 0.542. The molecule has 0 aromatic heterocycles. The summed E-state index contributed by atoms with van der Waals surface area (Å²) in [5.74, 6) is -2.14.